The standard InChI is InChI=1S/C21H21FN4O2/c22-21-16-5-1-4-13(24-16)10-19(21)28-20-7-6-15(25-26-20)14-9-12-3-2-8-23-17(12)11-18(14)27/h2-3,6-9,11,13,16,19,21,24,27H,1,4-5,10H2/t13-,16+,19-,21+/m1/s1. The third-order valence-electron chi connectivity index (χ3n) is 5.68. The van der Waals surface area contributed by atoms with Crippen molar-refractivity contribution in [3.8, 4) is 22.9 Å². The molecule has 0 radical (unpaired) electrons. The van der Waals surface area contributed by atoms with Crippen LogP contribution in [-0.4, -0.2) is 44.6 Å². The number of phenols is 1. The van der Waals surface area contributed by atoms with Crippen LogP contribution < -0.4 is 10.1 Å². The van der Waals surface area contributed by atoms with Crippen molar-refractivity contribution in [3.63, 3.8) is 0 Å². The first kappa shape index (κ1) is 17.3. The highest BCUT2D eigenvalue weighted by Gasteiger charge is 2.41. The van der Waals surface area contributed by atoms with E-state index in [1.807, 2.05) is 18.2 Å². The predicted octanol–water partition coefficient (Wildman–Crippen LogP) is 3.40. The Bertz CT molecular complexity index is 997. The van der Waals surface area contributed by atoms with Crippen molar-refractivity contribution in [1.29, 1.82) is 0 Å². The van der Waals surface area contributed by atoms with Gasteiger partial charge in [0, 0.05) is 47.8 Å². The normalized spacial score (nSPS) is 26.9. The van der Waals surface area contributed by atoms with Gasteiger partial charge in [0.05, 0.1) is 11.2 Å². The molecule has 144 valence electrons. The van der Waals surface area contributed by atoms with E-state index < -0.39 is 12.3 Å². The van der Waals surface area contributed by atoms with Crippen molar-refractivity contribution in [2.45, 2.75) is 50.0 Å². The van der Waals surface area contributed by atoms with Crippen LogP contribution in [-0.2, 0) is 0 Å². The predicted molar refractivity (Wildman–Crippen MR) is 103 cm³/mol. The average Bonchev–Trinajstić information content (AvgIpc) is 2.72. The molecule has 2 fully saturated rings. The summed E-state index contributed by atoms with van der Waals surface area (Å²) in [5.74, 6) is 0.391. The van der Waals surface area contributed by atoms with Crippen molar-refractivity contribution >= 4 is 10.9 Å². The number of benzene rings is 1. The number of alkyl halides is 1. The lowest BCUT2D eigenvalue weighted by Crippen LogP contribution is -2.59. The highest BCUT2D eigenvalue weighted by molar-refractivity contribution is 5.87. The molecule has 0 amide bonds. The number of hydrogen-bond acceptors (Lipinski definition) is 6. The quantitative estimate of drug-likeness (QED) is 0.725. The van der Waals surface area contributed by atoms with Gasteiger partial charge in [-0.1, -0.05) is 12.5 Å². The summed E-state index contributed by atoms with van der Waals surface area (Å²) in [5, 5.41) is 22.9. The van der Waals surface area contributed by atoms with Crippen molar-refractivity contribution < 1.29 is 14.2 Å². The number of fused-ring (bicyclic) bond motifs is 3. The van der Waals surface area contributed by atoms with E-state index in [9.17, 15) is 9.50 Å². The summed E-state index contributed by atoms with van der Waals surface area (Å²) >= 11 is 0. The minimum Gasteiger partial charge on any atom is -0.507 e. The van der Waals surface area contributed by atoms with Gasteiger partial charge in [0.25, 0.3) is 0 Å². The molecule has 2 N–H and O–H groups in total. The van der Waals surface area contributed by atoms with E-state index in [1.165, 1.54) is 0 Å². The Morgan fingerprint density at radius 3 is 2.93 bits per heavy atom. The Morgan fingerprint density at radius 1 is 1.14 bits per heavy atom. The molecule has 0 spiro atoms. The van der Waals surface area contributed by atoms with Crippen molar-refractivity contribution in [2.24, 2.45) is 0 Å². The summed E-state index contributed by atoms with van der Waals surface area (Å²) in [6.07, 6.45) is 3.74. The smallest absolute Gasteiger partial charge is 0.233 e. The molecule has 2 saturated heterocycles. The minimum atomic E-state index is -1.05. The first-order chi connectivity index (χ1) is 13.7. The van der Waals surface area contributed by atoms with Crippen LogP contribution in [0.5, 0.6) is 11.6 Å². The molecule has 4 atom stereocenters. The number of nitrogens with zero attached hydrogens (tertiary/aromatic N) is 3. The van der Waals surface area contributed by atoms with E-state index in [4.69, 9.17) is 4.74 Å². The van der Waals surface area contributed by atoms with E-state index in [0.29, 0.717) is 35.1 Å². The van der Waals surface area contributed by atoms with Gasteiger partial charge in [-0.3, -0.25) is 4.98 Å². The maximum Gasteiger partial charge on any atom is 0.233 e. The van der Waals surface area contributed by atoms with E-state index in [1.54, 1.807) is 24.4 Å². The van der Waals surface area contributed by atoms with Gasteiger partial charge in [-0.15, -0.1) is 10.2 Å². The Labute approximate surface area is 161 Å². The molecule has 2 aliphatic heterocycles. The lowest BCUT2D eigenvalue weighted by Gasteiger charge is -2.42. The third-order valence-corrected chi connectivity index (χ3v) is 5.68. The highest BCUT2D eigenvalue weighted by atomic mass is 19.1. The van der Waals surface area contributed by atoms with Crippen LogP contribution in [0.1, 0.15) is 25.7 Å². The minimum absolute atomic E-state index is 0.0872. The molecule has 7 heteroatoms. The van der Waals surface area contributed by atoms with Crippen LogP contribution in [0.3, 0.4) is 0 Å². The summed E-state index contributed by atoms with van der Waals surface area (Å²) in [5.41, 5.74) is 1.80. The molecule has 6 nitrogen and oxygen atoms in total. The summed E-state index contributed by atoms with van der Waals surface area (Å²) in [6.45, 7) is 0. The maximum absolute atomic E-state index is 14.7. The van der Waals surface area contributed by atoms with E-state index in [-0.39, 0.29) is 11.8 Å². The summed E-state index contributed by atoms with van der Waals surface area (Å²) in [6, 6.07) is 10.8. The molecular formula is C21H21FN4O2. The summed E-state index contributed by atoms with van der Waals surface area (Å²) in [7, 11) is 0. The largest absolute Gasteiger partial charge is 0.507 e. The van der Waals surface area contributed by atoms with Gasteiger partial charge in [-0.2, -0.15) is 0 Å². The fraction of sp³-hybridized carbons (Fsp3) is 0.381. The molecule has 0 unspecified atom stereocenters. The zero-order valence-electron chi connectivity index (χ0n) is 15.3. The Balaban J connectivity index is 1.37. The number of piperidine rings is 2. The number of aromatic hydroxyl groups is 1. The topological polar surface area (TPSA) is 80.2 Å². The van der Waals surface area contributed by atoms with Crippen molar-refractivity contribution in [1.82, 2.24) is 20.5 Å². The number of aromatic nitrogens is 3. The lowest BCUT2D eigenvalue weighted by atomic mass is 9.84. The molecule has 1 aromatic carbocycles. The van der Waals surface area contributed by atoms with E-state index in [0.717, 1.165) is 24.6 Å². The molecule has 0 aliphatic carbocycles. The third kappa shape index (κ3) is 3.16. The second kappa shape index (κ2) is 6.98. The number of ether oxygens (including phenoxy) is 1. The number of rotatable bonds is 3. The first-order valence-corrected chi connectivity index (χ1v) is 9.66. The van der Waals surface area contributed by atoms with Crippen molar-refractivity contribution in [2.75, 3.05) is 0 Å². The van der Waals surface area contributed by atoms with Gasteiger partial charge in [-0.05, 0) is 31.0 Å². The van der Waals surface area contributed by atoms with E-state index in [2.05, 4.69) is 20.5 Å². The lowest BCUT2D eigenvalue weighted by molar-refractivity contribution is 0.00652. The SMILES string of the molecule is Oc1cc2ncccc2cc1-c1ccc(O[C@@H]2C[C@H]3CCC[C@H](N3)[C@@H]2F)nn1. The number of phenolic OH excluding ortho intramolecular Hbond substituents is 1. The summed E-state index contributed by atoms with van der Waals surface area (Å²) < 4.78 is 20.5. The molecule has 4 heterocycles. The van der Waals surface area contributed by atoms with Crippen LogP contribution >= 0.6 is 0 Å². The van der Waals surface area contributed by atoms with Crippen LogP contribution in [0.15, 0.2) is 42.6 Å². The van der Waals surface area contributed by atoms with Gasteiger partial charge in [0.15, 0.2) is 6.17 Å². The second-order valence-corrected chi connectivity index (χ2v) is 7.56. The molecule has 2 aliphatic rings. The molecular weight excluding hydrogens is 359 g/mol. The highest BCUT2D eigenvalue weighted by Crippen LogP contribution is 2.33. The molecule has 0 saturated carbocycles. The van der Waals surface area contributed by atoms with Crippen LogP contribution in [0.4, 0.5) is 4.39 Å². The Morgan fingerprint density at radius 2 is 2.07 bits per heavy atom. The second-order valence-electron chi connectivity index (χ2n) is 7.56. The molecule has 5 rings (SSSR count). The number of nitrogens with one attached hydrogen (secondary N) is 1. The van der Waals surface area contributed by atoms with Gasteiger partial charge < -0.3 is 15.2 Å². The first-order valence-electron chi connectivity index (χ1n) is 9.66. The molecule has 2 aromatic heterocycles. The Kier molecular flexibility index (Phi) is 4.31. The van der Waals surface area contributed by atoms with Crippen molar-refractivity contribution in [3.05, 3.63) is 42.6 Å². The fourth-order valence-electron chi connectivity index (χ4n) is 4.27. The molecule has 28 heavy (non-hydrogen) atoms. The Hall–Kier alpha value is -2.80. The van der Waals surface area contributed by atoms with Gasteiger partial charge >= 0.3 is 0 Å². The maximum atomic E-state index is 14.7. The monoisotopic (exact) mass is 380 g/mol. The van der Waals surface area contributed by atoms with Crippen LogP contribution in [0.25, 0.3) is 22.2 Å². The number of halogens is 1. The average molecular weight is 380 g/mol. The number of pyridine rings is 1. The molecule has 3 aromatic rings. The molecule has 2 bridgehead atoms. The fourth-order valence-corrected chi connectivity index (χ4v) is 4.27. The van der Waals surface area contributed by atoms with Gasteiger partial charge in [0.1, 0.15) is 11.9 Å². The number of hydrogen-bond donors (Lipinski definition) is 2. The van der Waals surface area contributed by atoms with Crippen LogP contribution in [0.2, 0.25) is 0 Å². The van der Waals surface area contributed by atoms with Gasteiger partial charge in [-0.25, -0.2) is 4.39 Å². The van der Waals surface area contributed by atoms with Gasteiger partial charge in [0.2, 0.25) is 5.88 Å². The van der Waals surface area contributed by atoms with E-state index >= 15 is 0 Å². The summed E-state index contributed by atoms with van der Waals surface area (Å²) in [4.78, 5) is 4.23. The zero-order valence-corrected chi connectivity index (χ0v) is 15.3. The zero-order chi connectivity index (χ0) is 19.1. The van der Waals surface area contributed by atoms with Crippen LogP contribution in [0, 0.1) is 0 Å².